The highest BCUT2D eigenvalue weighted by atomic mass is 32.2. The zero-order chi connectivity index (χ0) is 13.7. The van der Waals surface area contributed by atoms with Gasteiger partial charge in [0, 0.05) is 17.0 Å². The lowest BCUT2D eigenvalue weighted by atomic mass is 10.1. The van der Waals surface area contributed by atoms with Gasteiger partial charge in [-0.3, -0.25) is 0 Å². The summed E-state index contributed by atoms with van der Waals surface area (Å²) in [5.41, 5.74) is 2.24. The van der Waals surface area contributed by atoms with E-state index in [1.807, 2.05) is 36.6 Å². The van der Waals surface area contributed by atoms with Crippen LogP contribution in [-0.4, -0.2) is 11.4 Å². The summed E-state index contributed by atoms with van der Waals surface area (Å²) in [5.74, 6) is 0.259. The SMILES string of the molecule is CSc1cccc(NCc2ccccc2O)c1C#N. The number of rotatable bonds is 4. The standard InChI is InChI=1S/C15H14N2OS/c1-19-15-8-4-6-13(12(15)9-16)17-10-11-5-2-3-7-14(11)18/h2-8,17-18H,10H2,1H3. The van der Waals surface area contributed by atoms with E-state index in [2.05, 4.69) is 11.4 Å². The summed E-state index contributed by atoms with van der Waals surface area (Å²) in [6.45, 7) is 0.485. The van der Waals surface area contributed by atoms with Crippen molar-refractivity contribution >= 4 is 17.4 Å². The third-order valence-corrected chi connectivity index (χ3v) is 3.60. The predicted molar refractivity (Wildman–Crippen MR) is 78.4 cm³/mol. The minimum Gasteiger partial charge on any atom is -0.508 e. The molecule has 2 aromatic carbocycles. The molecule has 4 heteroatoms. The lowest BCUT2D eigenvalue weighted by Gasteiger charge is -2.11. The van der Waals surface area contributed by atoms with Crippen molar-refractivity contribution in [2.45, 2.75) is 11.4 Å². The quantitative estimate of drug-likeness (QED) is 0.833. The minimum absolute atomic E-state index is 0.259. The second kappa shape index (κ2) is 6.17. The molecular formula is C15H14N2OS. The van der Waals surface area contributed by atoms with Crippen molar-refractivity contribution in [3.63, 3.8) is 0 Å². The van der Waals surface area contributed by atoms with Gasteiger partial charge in [0.05, 0.1) is 11.3 Å². The van der Waals surface area contributed by atoms with E-state index in [-0.39, 0.29) is 5.75 Å². The number of phenols is 1. The van der Waals surface area contributed by atoms with E-state index in [1.165, 1.54) is 0 Å². The molecule has 0 heterocycles. The molecule has 0 saturated heterocycles. The average molecular weight is 270 g/mol. The van der Waals surface area contributed by atoms with Crippen LogP contribution in [0.4, 0.5) is 5.69 Å². The molecule has 0 bridgehead atoms. The first-order chi connectivity index (χ1) is 9.26. The molecule has 0 saturated carbocycles. The summed E-state index contributed by atoms with van der Waals surface area (Å²) in [6, 6.07) is 15.1. The molecule has 0 aromatic heterocycles. The zero-order valence-corrected chi connectivity index (χ0v) is 11.4. The van der Waals surface area contributed by atoms with Crippen LogP contribution in [0.5, 0.6) is 5.75 Å². The Balaban J connectivity index is 2.21. The Morgan fingerprint density at radius 2 is 2.00 bits per heavy atom. The van der Waals surface area contributed by atoms with Gasteiger partial charge in [-0.05, 0) is 24.5 Å². The Morgan fingerprint density at radius 1 is 1.21 bits per heavy atom. The molecule has 0 fully saturated rings. The minimum atomic E-state index is 0.259. The molecule has 2 aromatic rings. The van der Waals surface area contributed by atoms with Gasteiger partial charge in [-0.15, -0.1) is 11.8 Å². The summed E-state index contributed by atoms with van der Waals surface area (Å²) in [5, 5.41) is 22.1. The van der Waals surface area contributed by atoms with Gasteiger partial charge in [0.1, 0.15) is 11.8 Å². The second-order valence-corrected chi connectivity index (χ2v) is 4.82. The van der Waals surface area contributed by atoms with E-state index in [9.17, 15) is 10.4 Å². The first-order valence-electron chi connectivity index (χ1n) is 5.84. The molecular weight excluding hydrogens is 256 g/mol. The fourth-order valence-electron chi connectivity index (χ4n) is 1.81. The van der Waals surface area contributed by atoms with Crippen LogP contribution in [0.15, 0.2) is 47.4 Å². The molecule has 0 aliphatic heterocycles. The lowest BCUT2D eigenvalue weighted by molar-refractivity contribution is 0.469. The Kier molecular flexibility index (Phi) is 4.32. The number of anilines is 1. The third-order valence-electron chi connectivity index (χ3n) is 2.82. The highest BCUT2D eigenvalue weighted by Gasteiger charge is 2.07. The highest BCUT2D eigenvalue weighted by molar-refractivity contribution is 7.98. The van der Waals surface area contributed by atoms with Gasteiger partial charge < -0.3 is 10.4 Å². The topological polar surface area (TPSA) is 56.0 Å². The maximum Gasteiger partial charge on any atom is 0.120 e. The normalized spacial score (nSPS) is 9.89. The molecule has 19 heavy (non-hydrogen) atoms. The maximum atomic E-state index is 9.71. The van der Waals surface area contributed by atoms with Gasteiger partial charge in [-0.1, -0.05) is 24.3 Å². The van der Waals surface area contributed by atoms with E-state index in [0.717, 1.165) is 16.1 Å². The number of hydrogen-bond donors (Lipinski definition) is 2. The Bertz CT molecular complexity index is 620. The monoisotopic (exact) mass is 270 g/mol. The number of nitrogens with one attached hydrogen (secondary N) is 1. The van der Waals surface area contributed by atoms with Crippen LogP contribution in [0, 0.1) is 11.3 Å². The number of nitrogens with zero attached hydrogens (tertiary/aromatic N) is 1. The summed E-state index contributed by atoms with van der Waals surface area (Å²) >= 11 is 1.55. The Hall–Kier alpha value is -2.12. The van der Waals surface area contributed by atoms with Crippen LogP contribution >= 0.6 is 11.8 Å². The molecule has 0 unspecified atom stereocenters. The molecule has 0 atom stereocenters. The number of aromatic hydroxyl groups is 1. The molecule has 3 nitrogen and oxygen atoms in total. The average Bonchev–Trinajstić information content (AvgIpc) is 2.45. The van der Waals surface area contributed by atoms with Crippen LogP contribution < -0.4 is 5.32 Å². The predicted octanol–water partition coefficient (Wildman–Crippen LogP) is 3.60. The fraction of sp³-hybridized carbons (Fsp3) is 0.133. The van der Waals surface area contributed by atoms with Crippen molar-refractivity contribution in [3.05, 3.63) is 53.6 Å². The summed E-state index contributed by atoms with van der Waals surface area (Å²) in [4.78, 5) is 0.949. The van der Waals surface area contributed by atoms with Gasteiger partial charge in [-0.2, -0.15) is 5.26 Å². The number of thioether (sulfide) groups is 1. The van der Waals surface area contributed by atoms with Crippen molar-refractivity contribution in [1.29, 1.82) is 5.26 Å². The largest absolute Gasteiger partial charge is 0.508 e. The number of benzene rings is 2. The van der Waals surface area contributed by atoms with Gasteiger partial charge in [-0.25, -0.2) is 0 Å². The summed E-state index contributed by atoms with van der Waals surface area (Å²) in [6.07, 6.45) is 1.95. The molecule has 0 radical (unpaired) electrons. The molecule has 0 spiro atoms. The number of para-hydroxylation sites is 1. The van der Waals surface area contributed by atoms with Gasteiger partial charge in [0.25, 0.3) is 0 Å². The van der Waals surface area contributed by atoms with Gasteiger partial charge in [0.15, 0.2) is 0 Å². The first-order valence-corrected chi connectivity index (χ1v) is 7.06. The molecule has 0 amide bonds. The molecule has 0 aliphatic rings. The van der Waals surface area contributed by atoms with Crippen molar-refractivity contribution in [2.75, 3.05) is 11.6 Å². The number of nitriles is 1. The smallest absolute Gasteiger partial charge is 0.120 e. The number of hydrogen-bond acceptors (Lipinski definition) is 4. The van der Waals surface area contributed by atoms with Crippen LogP contribution in [0.1, 0.15) is 11.1 Å². The van der Waals surface area contributed by atoms with E-state index in [4.69, 9.17) is 0 Å². The van der Waals surface area contributed by atoms with Crippen LogP contribution in [0.3, 0.4) is 0 Å². The van der Waals surface area contributed by atoms with E-state index in [1.54, 1.807) is 23.9 Å². The second-order valence-electron chi connectivity index (χ2n) is 3.98. The van der Waals surface area contributed by atoms with Crippen molar-refractivity contribution in [2.24, 2.45) is 0 Å². The summed E-state index contributed by atoms with van der Waals surface area (Å²) in [7, 11) is 0. The Morgan fingerprint density at radius 3 is 2.68 bits per heavy atom. The zero-order valence-electron chi connectivity index (χ0n) is 10.6. The van der Waals surface area contributed by atoms with Crippen molar-refractivity contribution < 1.29 is 5.11 Å². The number of phenolic OH excluding ortho intramolecular Hbond substituents is 1. The summed E-state index contributed by atoms with van der Waals surface area (Å²) < 4.78 is 0. The molecule has 2 rings (SSSR count). The molecule has 0 aliphatic carbocycles. The maximum absolute atomic E-state index is 9.71. The van der Waals surface area contributed by atoms with Crippen molar-refractivity contribution in [1.82, 2.24) is 0 Å². The van der Waals surface area contributed by atoms with Crippen LogP contribution in [-0.2, 0) is 6.54 Å². The molecule has 96 valence electrons. The van der Waals surface area contributed by atoms with E-state index < -0.39 is 0 Å². The lowest BCUT2D eigenvalue weighted by Crippen LogP contribution is -2.02. The van der Waals surface area contributed by atoms with Gasteiger partial charge in [0.2, 0.25) is 0 Å². The molecule has 2 N–H and O–H groups in total. The highest BCUT2D eigenvalue weighted by Crippen LogP contribution is 2.27. The Labute approximate surface area is 116 Å². The van der Waals surface area contributed by atoms with Gasteiger partial charge >= 0.3 is 0 Å². The fourth-order valence-corrected chi connectivity index (χ4v) is 2.39. The van der Waals surface area contributed by atoms with E-state index >= 15 is 0 Å². The van der Waals surface area contributed by atoms with E-state index in [0.29, 0.717) is 12.1 Å². The first kappa shape index (κ1) is 13.3. The third kappa shape index (κ3) is 3.01. The van der Waals surface area contributed by atoms with Crippen LogP contribution in [0.25, 0.3) is 0 Å². The van der Waals surface area contributed by atoms with Crippen LogP contribution in [0.2, 0.25) is 0 Å². The van der Waals surface area contributed by atoms with Crippen molar-refractivity contribution in [3.8, 4) is 11.8 Å².